The number of nitrogens with zero attached hydrogens (tertiary/aromatic N) is 5. The molecule has 9 nitrogen and oxygen atoms in total. The van der Waals surface area contributed by atoms with Crippen LogP contribution < -0.4 is 5.32 Å². The molecule has 1 unspecified atom stereocenters. The molecule has 2 aromatic heterocycles. The van der Waals surface area contributed by atoms with Crippen molar-refractivity contribution in [3.8, 4) is 0 Å². The van der Waals surface area contributed by atoms with Crippen molar-refractivity contribution < 1.29 is 14.3 Å². The zero-order valence-corrected chi connectivity index (χ0v) is 31.9. The Kier molecular flexibility index (Phi) is 16.4. The monoisotopic (exact) mass is 744 g/mol. The third-order valence-corrected chi connectivity index (χ3v) is 8.81. The standard InChI is InChI=1S/C15H13BrClN.C11H17N3O.C9H18N2O2.C2H6/c16-13-6-12-3-1-2-10-7-14(17)5-4-11(10)8-15(12)18-9-13;1-10-5-14(8-12-10)7-11-3-2-4-13(6-11)9-15;1-9(2,3)13-8(12)11-6-4-10-5-7-11;1-2/h4-7,9H,1-3,8H2;5,8-9,11H,2-4,6-7H2,1H3;10H,4-7H2,1-3H3;1-2H3. The highest BCUT2D eigenvalue weighted by Gasteiger charge is 2.23. The van der Waals surface area contributed by atoms with Crippen molar-refractivity contribution in [3.63, 3.8) is 0 Å². The average Bonchev–Trinajstić information content (AvgIpc) is 3.47. The smallest absolute Gasteiger partial charge is 0.410 e. The van der Waals surface area contributed by atoms with Gasteiger partial charge in [0, 0.05) is 79.8 Å². The van der Waals surface area contributed by atoms with E-state index in [1.807, 2.05) is 65.0 Å². The zero-order chi connectivity index (χ0) is 35.1. The number of ether oxygens (including phenoxy) is 1. The van der Waals surface area contributed by atoms with Gasteiger partial charge in [0.2, 0.25) is 6.41 Å². The van der Waals surface area contributed by atoms with Crippen LogP contribution in [0.4, 0.5) is 4.79 Å². The average molecular weight is 746 g/mol. The lowest BCUT2D eigenvalue weighted by molar-refractivity contribution is -0.119. The Hall–Kier alpha value is -2.95. The molecule has 4 heterocycles. The predicted molar refractivity (Wildman–Crippen MR) is 198 cm³/mol. The Bertz CT molecular complexity index is 1390. The summed E-state index contributed by atoms with van der Waals surface area (Å²) in [5, 5.41) is 4.01. The zero-order valence-electron chi connectivity index (χ0n) is 29.6. The molecule has 1 atom stereocenters. The minimum absolute atomic E-state index is 0.200. The quantitative estimate of drug-likeness (QED) is 0.280. The van der Waals surface area contributed by atoms with Crippen molar-refractivity contribution in [1.29, 1.82) is 0 Å². The molecule has 3 aromatic rings. The van der Waals surface area contributed by atoms with E-state index in [-0.39, 0.29) is 11.7 Å². The number of halogens is 2. The predicted octanol–water partition coefficient (Wildman–Crippen LogP) is 7.49. The second kappa shape index (κ2) is 19.9. The molecule has 11 heteroatoms. The van der Waals surface area contributed by atoms with Crippen molar-refractivity contribution in [2.75, 3.05) is 39.3 Å². The van der Waals surface area contributed by atoms with E-state index in [1.165, 1.54) is 28.8 Å². The summed E-state index contributed by atoms with van der Waals surface area (Å²) in [5.41, 5.74) is 5.96. The summed E-state index contributed by atoms with van der Waals surface area (Å²) in [7, 11) is 0. The van der Waals surface area contributed by atoms with Crippen molar-refractivity contribution in [1.82, 2.24) is 29.7 Å². The molecule has 6 rings (SSSR count). The van der Waals surface area contributed by atoms with Gasteiger partial charge < -0.3 is 24.4 Å². The second-order valence-corrected chi connectivity index (χ2v) is 14.6. The van der Waals surface area contributed by atoms with Gasteiger partial charge in [-0.3, -0.25) is 9.78 Å². The van der Waals surface area contributed by atoms with Crippen LogP contribution in [0.2, 0.25) is 5.02 Å². The molecule has 0 bridgehead atoms. The van der Waals surface area contributed by atoms with Gasteiger partial charge in [0.25, 0.3) is 0 Å². The summed E-state index contributed by atoms with van der Waals surface area (Å²) in [6.45, 7) is 17.6. The first-order valence-corrected chi connectivity index (χ1v) is 18.4. The summed E-state index contributed by atoms with van der Waals surface area (Å²) in [4.78, 5) is 34.5. The molecule has 2 fully saturated rings. The van der Waals surface area contributed by atoms with Crippen LogP contribution >= 0.6 is 27.5 Å². The number of carbonyl (C=O) groups is 2. The van der Waals surface area contributed by atoms with Crippen LogP contribution in [0.15, 0.2) is 47.5 Å². The molecule has 2 saturated heterocycles. The van der Waals surface area contributed by atoms with Crippen LogP contribution in [0.25, 0.3) is 0 Å². The van der Waals surface area contributed by atoms with Crippen molar-refractivity contribution in [2.24, 2.45) is 5.92 Å². The van der Waals surface area contributed by atoms with Crippen LogP contribution in [0, 0.1) is 12.8 Å². The minimum Gasteiger partial charge on any atom is -0.444 e. The Morgan fingerprint density at radius 2 is 1.79 bits per heavy atom. The molecule has 3 aliphatic rings. The topological polar surface area (TPSA) is 92.6 Å². The van der Waals surface area contributed by atoms with E-state index in [4.69, 9.17) is 16.3 Å². The SMILES string of the molecule is CC.CC(C)(C)OC(=O)N1CCNCC1.Cc1cn(CC2CCCN(C=O)C2)cn1.Clc1ccc2c(c1)CCCc1cc(Br)cnc1C2. The molecule has 1 aliphatic carbocycles. The van der Waals surface area contributed by atoms with Crippen molar-refractivity contribution >= 4 is 40.0 Å². The van der Waals surface area contributed by atoms with Crippen LogP contribution in [-0.4, -0.2) is 81.7 Å². The highest BCUT2D eigenvalue weighted by Crippen LogP contribution is 2.26. The van der Waals surface area contributed by atoms with Gasteiger partial charge >= 0.3 is 6.09 Å². The molecular weight excluding hydrogens is 692 g/mol. The van der Waals surface area contributed by atoms with Gasteiger partial charge in [-0.25, -0.2) is 9.78 Å². The fourth-order valence-corrected chi connectivity index (χ4v) is 6.49. The molecule has 2 aliphatic heterocycles. The number of aromatic nitrogens is 3. The number of likely N-dealkylation sites (tertiary alicyclic amines) is 1. The molecule has 2 amide bonds. The number of benzene rings is 1. The molecular formula is C37H54BrClN6O3. The second-order valence-electron chi connectivity index (χ2n) is 13.2. The maximum atomic E-state index is 11.5. The molecule has 0 spiro atoms. The van der Waals surface area contributed by atoms with E-state index in [0.717, 1.165) is 99.5 Å². The summed E-state index contributed by atoms with van der Waals surface area (Å²) >= 11 is 9.57. The Labute approximate surface area is 300 Å². The number of pyridine rings is 1. The molecule has 1 aromatic carbocycles. The van der Waals surface area contributed by atoms with E-state index in [2.05, 4.69) is 60.2 Å². The number of fused-ring (bicyclic) bond motifs is 2. The number of hydrogen-bond donors (Lipinski definition) is 1. The van der Waals surface area contributed by atoms with E-state index in [9.17, 15) is 9.59 Å². The number of hydrogen-bond acceptors (Lipinski definition) is 6. The third-order valence-electron chi connectivity index (χ3n) is 8.14. The lowest BCUT2D eigenvalue weighted by Crippen LogP contribution is -2.48. The van der Waals surface area contributed by atoms with Gasteiger partial charge in [-0.05, 0) is 117 Å². The number of piperidine rings is 1. The highest BCUT2D eigenvalue weighted by atomic mass is 79.9. The van der Waals surface area contributed by atoms with E-state index < -0.39 is 0 Å². The van der Waals surface area contributed by atoms with E-state index in [1.54, 1.807) is 4.90 Å². The summed E-state index contributed by atoms with van der Waals surface area (Å²) in [6.07, 6.45) is 13.2. The summed E-state index contributed by atoms with van der Waals surface area (Å²) in [6, 6.07) is 8.40. The van der Waals surface area contributed by atoms with Crippen LogP contribution in [0.1, 0.15) is 82.0 Å². The fourth-order valence-electron chi connectivity index (χ4n) is 5.92. The molecule has 48 heavy (non-hydrogen) atoms. The Morgan fingerprint density at radius 1 is 1.06 bits per heavy atom. The van der Waals surface area contributed by atoms with Gasteiger partial charge in [0.15, 0.2) is 0 Å². The summed E-state index contributed by atoms with van der Waals surface area (Å²) in [5.74, 6) is 0.581. The molecule has 1 N–H and O–H groups in total. The van der Waals surface area contributed by atoms with Gasteiger partial charge in [-0.1, -0.05) is 31.5 Å². The van der Waals surface area contributed by atoms with Gasteiger partial charge in [-0.15, -0.1) is 0 Å². The third kappa shape index (κ3) is 13.5. The van der Waals surface area contributed by atoms with Gasteiger partial charge in [0.05, 0.1) is 12.0 Å². The van der Waals surface area contributed by atoms with E-state index >= 15 is 0 Å². The van der Waals surface area contributed by atoms with Gasteiger partial charge in [-0.2, -0.15) is 0 Å². The Balaban J connectivity index is 0.000000193. The normalized spacial score (nSPS) is 17.3. The highest BCUT2D eigenvalue weighted by molar-refractivity contribution is 9.10. The fraction of sp³-hybridized carbons (Fsp3) is 0.568. The number of carbonyl (C=O) groups excluding carboxylic acids is 2. The number of imidazole rings is 1. The van der Waals surface area contributed by atoms with Gasteiger partial charge in [0.1, 0.15) is 5.60 Å². The minimum atomic E-state index is -0.387. The largest absolute Gasteiger partial charge is 0.444 e. The number of amides is 2. The van der Waals surface area contributed by atoms with E-state index in [0.29, 0.717) is 5.92 Å². The van der Waals surface area contributed by atoms with Crippen molar-refractivity contribution in [2.45, 2.75) is 92.2 Å². The first kappa shape index (κ1) is 39.5. The molecule has 264 valence electrons. The van der Waals surface area contributed by atoms with Crippen LogP contribution in [0.5, 0.6) is 0 Å². The maximum absolute atomic E-state index is 11.5. The molecule has 0 saturated carbocycles. The number of nitrogens with one attached hydrogen (secondary N) is 1. The first-order chi connectivity index (χ1) is 23.0. The first-order valence-electron chi connectivity index (χ1n) is 17.3. The summed E-state index contributed by atoms with van der Waals surface area (Å²) < 4.78 is 8.42. The maximum Gasteiger partial charge on any atom is 0.410 e. The van der Waals surface area contributed by atoms with Crippen LogP contribution in [0.3, 0.4) is 0 Å². The van der Waals surface area contributed by atoms with Crippen molar-refractivity contribution in [3.05, 3.63) is 80.6 Å². The van der Waals surface area contributed by atoms with Crippen LogP contribution in [-0.2, 0) is 35.3 Å². The lowest BCUT2D eigenvalue weighted by Gasteiger charge is -2.30. The Morgan fingerprint density at radius 3 is 2.46 bits per heavy atom. The number of piperazine rings is 1. The number of aryl methyl sites for hydroxylation is 3. The molecule has 0 radical (unpaired) electrons. The lowest BCUT2D eigenvalue weighted by atomic mass is 9.91. The number of rotatable bonds is 3.